The Bertz CT molecular complexity index is 1540. The molecule has 0 spiro atoms. The number of carbonyl (C=O) groups excluding carboxylic acids is 1. The van der Waals surface area contributed by atoms with E-state index < -0.39 is 86.8 Å². The summed E-state index contributed by atoms with van der Waals surface area (Å²) in [5.41, 5.74) is 0. The van der Waals surface area contributed by atoms with E-state index in [4.69, 9.17) is 18.9 Å². The first-order chi connectivity index (χ1) is 38.1. The molecule has 2 saturated heterocycles. The minimum absolute atomic E-state index is 0.257. The van der Waals surface area contributed by atoms with Crippen molar-refractivity contribution in [2.75, 3.05) is 19.8 Å². The molecule has 14 nitrogen and oxygen atoms in total. The van der Waals surface area contributed by atoms with Crippen LogP contribution in [0.4, 0.5) is 0 Å². The Morgan fingerprint density at radius 3 is 1.35 bits per heavy atom. The van der Waals surface area contributed by atoms with Gasteiger partial charge in [-0.3, -0.25) is 4.79 Å². The number of ether oxygens (including phenoxy) is 4. The van der Waals surface area contributed by atoms with Crippen LogP contribution >= 0.6 is 0 Å². The summed E-state index contributed by atoms with van der Waals surface area (Å²) in [5, 5.41) is 87.2. The molecule has 2 aliphatic heterocycles. The molecule has 0 aromatic carbocycles. The molecule has 14 heteroatoms. The highest BCUT2D eigenvalue weighted by molar-refractivity contribution is 5.76. The number of hydrogen-bond acceptors (Lipinski definition) is 13. The first-order valence-electron chi connectivity index (χ1n) is 31.5. The molecular formula is C64H115NO13. The molecule has 0 aromatic rings. The molecule has 78 heavy (non-hydrogen) atoms. The van der Waals surface area contributed by atoms with E-state index in [1.807, 2.05) is 6.08 Å². The number of amides is 1. The van der Waals surface area contributed by atoms with E-state index >= 15 is 0 Å². The van der Waals surface area contributed by atoms with Gasteiger partial charge in [0.25, 0.3) is 0 Å². The molecular weight excluding hydrogens is 991 g/mol. The summed E-state index contributed by atoms with van der Waals surface area (Å²) in [6.07, 6.45) is 46.9. The van der Waals surface area contributed by atoms with Crippen LogP contribution in [0.2, 0.25) is 0 Å². The molecule has 2 aliphatic rings. The molecule has 9 N–H and O–H groups in total. The van der Waals surface area contributed by atoms with Crippen molar-refractivity contribution in [3.8, 4) is 0 Å². The van der Waals surface area contributed by atoms with Gasteiger partial charge in [0.05, 0.1) is 32.0 Å². The molecule has 0 saturated carbocycles. The summed E-state index contributed by atoms with van der Waals surface area (Å²) in [6.45, 7) is 2.77. The van der Waals surface area contributed by atoms with Gasteiger partial charge in [-0.15, -0.1) is 0 Å². The second-order valence-corrected chi connectivity index (χ2v) is 22.2. The second kappa shape index (κ2) is 49.3. The fourth-order valence-corrected chi connectivity index (χ4v) is 10.1. The average Bonchev–Trinajstić information content (AvgIpc) is 3.48. The van der Waals surface area contributed by atoms with E-state index in [-0.39, 0.29) is 18.9 Å². The van der Waals surface area contributed by atoms with Crippen molar-refractivity contribution in [1.82, 2.24) is 5.32 Å². The molecule has 0 bridgehead atoms. The van der Waals surface area contributed by atoms with Crippen LogP contribution in [0.15, 0.2) is 60.8 Å². The Hall–Kier alpha value is -2.31. The maximum atomic E-state index is 13.3. The number of unbranched alkanes of at least 4 members (excludes halogenated alkanes) is 29. The van der Waals surface area contributed by atoms with Crippen molar-refractivity contribution in [2.24, 2.45) is 0 Å². The van der Waals surface area contributed by atoms with Gasteiger partial charge >= 0.3 is 0 Å². The smallest absolute Gasteiger partial charge is 0.220 e. The topological polar surface area (TPSA) is 228 Å². The SMILES string of the molecule is CCCCCCC/C=C\C/C=C\C/C=C\CCCCCCCCC(=O)NC(COC1OC(CO)C(OC2OC(CO)C(O)C(O)C2O)C(O)C1O)C(O)/C=C/CC/C=C/CCCCCCCCCCCCCCCCCCC. The lowest BCUT2D eigenvalue weighted by Crippen LogP contribution is -2.65. The van der Waals surface area contributed by atoms with Crippen LogP contribution in [0, 0.1) is 0 Å². The summed E-state index contributed by atoms with van der Waals surface area (Å²) in [4.78, 5) is 13.3. The van der Waals surface area contributed by atoms with Crippen molar-refractivity contribution in [2.45, 2.75) is 319 Å². The molecule has 12 atom stereocenters. The molecule has 0 aliphatic carbocycles. The van der Waals surface area contributed by atoms with Gasteiger partial charge in [0.2, 0.25) is 5.91 Å². The van der Waals surface area contributed by atoms with Crippen molar-refractivity contribution in [1.29, 1.82) is 0 Å². The third-order valence-corrected chi connectivity index (χ3v) is 15.2. The third kappa shape index (κ3) is 34.2. The van der Waals surface area contributed by atoms with Crippen molar-refractivity contribution in [3.63, 3.8) is 0 Å². The lowest BCUT2D eigenvalue weighted by atomic mass is 9.97. The third-order valence-electron chi connectivity index (χ3n) is 15.2. The first kappa shape index (κ1) is 71.8. The van der Waals surface area contributed by atoms with Gasteiger partial charge in [-0.1, -0.05) is 229 Å². The average molecular weight is 1110 g/mol. The zero-order valence-electron chi connectivity index (χ0n) is 48.9. The van der Waals surface area contributed by atoms with Crippen LogP contribution in [0.25, 0.3) is 0 Å². The Morgan fingerprint density at radius 2 is 0.859 bits per heavy atom. The van der Waals surface area contributed by atoms with E-state index in [0.717, 1.165) is 64.2 Å². The Morgan fingerprint density at radius 1 is 0.462 bits per heavy atom. The molecule has 2 rings (SSSR count). The molecule has 2 heterocycles. The fourth-order valence-electron chi connectivity index (χ4n) is 10.1. The van der Waals surface area contributed by atoms with Crippen LogP contribution < -0.4 is 5.32 Å². The number of nitrogens with one attached hydrogen (secondary N) is 1. The number of rotatable bonds is 50. The molecule has 12 unspecified atom stereocenters. The number of carbonyl (C=O) groups is 1. The zero-order valence-corrected chi connectivity index (χ0v) is 48.9. The minimum atomic E-state index is -1.79. The molecule has 0 aromatic heterocycles. The Balaban J connectivity index is 1.77. The molecule has 2 fully saturated rings. The zero-order chi connectivity index (χ0) is 56.7. The van der Waals surface area contributed by atoms with Crippen LogP contribution in [0.5, 0.6) is 0 Å². The van der Waals surface area contributed by atoms with E-state index in [9.17, 15) is 45.6 Å². The van der Waals surface area contributed by atoms with Crippen molar-refractivity contribution < 1.29 is 64.6 Å². The number of aliphatic hydroxyl groups excluding tert-OH is 8. The predicted molar refractivity (Wildman–Crippen MR) is 314 cm³/mol. The number of hydrogen-bond donors (Lipinski definition) is 9. The van der Waals surface area contributed by atoms with Gasteiger partial charge in [-0.2, -0.15) is 0 Å². The lowest BCUT2D eigenvalue weighted by molar-refractivity contribution is -0.359. The van der Waals surface area contributed by atoms with Crippen LogP contribution in [-0.2, 0) is 23.7 Å². The maximum absolute atomic E-state index is 13.3. The van der Waals surface area contributed by atoms with Crippen LogP contribution in [0.3, 0.4) is 0 Å². The molecule has 454 valence electrons. The number of allylic oxidation sites excluding steroid dienone is 9. The van der Waals surface area contributed by atoms with Gasteiger partial charge in [0, 0.05) is 6.42 Å². The monoisotopic (exact) mass is 1110 g/mol. The Kier molecular flexibility index (Phi) is 45.4. The van der Waals surface area contributed by atoms with Gasteiger partial charge in [-0.05, 0) is 70.6 Å². The van der Waals surface area contributed by atoms with Crippen LogP contribution in [0.1, 0.15) is 245 Å². The second-order valence-electron chi connectivity index (χ2n) is 22.2. The summed E-state index contributed by atoms with van der Waals surface area (Å²) >= 11 is 0. The molecule has 1 amide bonds. The summed E-state index contributed by atoms with van der Waals surface area (Å²) < 4.78 is 22.8. The van der Waals surface area contributed by atoms with Crippen LogP contribution in [-0.4, -0.2) is 140 Å². The quantitative estimate of drug-likeness (QED) is 0.0204. The van der Waals surface area contributed by atoms with E-state index in [0.29, 0.717) is 12.8 Å². The van der Waals surface area contributed by atoms with E-state index in [2.05, 4.69) is 67.8 Å². The number of aliphatic hydroxyl groups is 8. The summed E-state index contributed by atoms with van der Waals surface area (Å²) in [6, 6.07) is -0.942. The normalized spacial score (nSPS) is 24.9. The maximum Gasteiger partial charge on any atom is 0.220 e. The minimum Gasteiger partial charge on any atom is -0.394 e. The van der Waals surface area contributed by atoms with E-state index in [1.54, 1.807) is 6.08 Å². The highest BCUT2D eigenvalue weighted by Crippen LogP contribution is 2.30. The summed E-state index contributed by atoms with van der Waals surface area (Å²) in [7, 11) is 0. The highest BCUT2D eigenvalue weighted by Gasteiger charge is 2.51. The largest absolute Gasteiger partial charge is 0.394 e. The van der Waals surface area contributed by atoms with Gasteiger partial charge in [0.15, 0.2) is 12.6 Å². The standard InChI is InChI=1S/C64H115NO13/c1-3-5-7-9-11-13-15-17-19-21-23-25-26-28-29-31-33-35-37-39-41-43-45-47-53(68)52(51-75-63-61(74)59(72)62(55(50-67)77-63)78-64-60(73)58(71)57(70)54(49-66)76-64)65-56(69)48-46-44-42-40-38-36-34-32-30-27-24-22-20-18-16-14-12-10-8-6-4-2/h16,18,22,24,30,32,37,39,45,47,52-55,57-64,66-68,70-74H,3-15,17,19-21,23,25-29,31,33-36,38,40-44,46,48-51H2,1-2H3,(H,65,69)/b18-16-,24-22-,32-30-,39-37+,47-45+. The Labute approximate surface area is 473 Å². The van der Waals surface area contributed by atoms with Crippen molar-refractivity contribution >= 4 is 5.91 Å². The van der Waals surface area contributed by atoms with Crippen molar-refractivity contribution in [3.05, 3.63) is 60.8 Å². The highest BCUT2D eigenvalue weighted by atomic mass is 16.7. The van der Waals surface area contributed by atoms with Gasteiger partial charge in [-0.25, -0.2) is 0 Å². The van der Waals surface area contributed by atoms with Gasteiger partial charge in [0.1, 0.15) is 48.8 Å². The van der Waals surface area contributed by atoms with Gasteiger partial charge < -0.3 is 65.1 Å². The first-order valence-corrected chi connectivity index (χ1v) is 31.5. The van der Waals surface area contributed by atoms with E-state index in [1.165, 1.54) is 148 Å². The predicted octanol–water partition coefficient (Wildman–Crippen LogP) is 11.3. The molecule has 0 radical (unpaired) electrons. The summed E-state index contributed by atoms with van der Waals surface area (Å²) in [5.74, 6) is -0.261. The fraction of sp³-hybridized carbons (Fsp3) is 0.828. The lowest BCUT2D eigenvalue weighted by Gasteiger charge is -2.46.